The van der Waals surface area contributed by atoms with Crippen LogP contribution in [0.3, 0.4) is 0 Å². The second kappa shape index (κ2) is 7.92. The Hall–Kier alpha value is -2.40. The van der Waals surface area contributed by atoms with Crippen LogP contribution in [0.1, 0.15) is 49.7 Å². The lowest BCUT2D eigenvalue weighted by molar-refractivity contribution is -0.117. The van der Waals surface area contributed by atoms with Gasteiger partial charge < -0.3 is 15.5 Å². The third-order valence-electron chi connectivity index (χ3n) is 5.97. The third-order valence-corrected chi connectivity index (χ3v) is 6.17. The van der Waals surface area contributed by atoms with Crippen LogP contribution in [0.2, 0.25) is 0 Å². The Balaban J connectivity index is 1.51. The number of rotatable bonds is 4. The summed E-state index contributed by atoms with van der Waals surface area (Å²) in [7, 11) is 0. The number of carbonyl (C=O) groups excluding carboxylic acids is 1. The summed E-state index contributed by atoms with van der Waals surface area (Å²) in [6.07, 6.45) is 6.14. The Labute approximate surface area is 172 Å². The van der Waals surface area contributed by atoms with Gasteiger partial charge in [0.15, 0.2) is 5.11 Å². The number of aryl methyl sites for hydroxylation is 1. The van der Waals surface area contributed by atoms with Gasteiger partial charge in [-0.05, 0) is 61.7 Å². The minimum atomic E-state index is -0.0935. The number of benzene rings is 2. The molecule has 1 saturated heterocycles. The highest BCUT2D eigenvalue weighted by Gasteiger charge is 2.36. The Bertz CT molecular complexity index is 875. The summed E-state index contributed by atoms with van der Waals surface area (Å²) in [4.78, 5) is 14.0. The molecule has 1 aliphatic heterocycles. The van der Waals surface area contributed by atoms with Crippen molar-refractivity contribution in [3.63, 3.8) is 0 Å². The van der Waals surface area contributed by atoms with Gasteiger partial charge in [0.1, 0.15) is 0 Å². The summed E-state index contributed by atoms with van der Waals surface area (Å²) < 4.78 is 0. The normalized spacial score (nSPS) is 18.3. The molecule has 28 heavy (non-hydrogen) atoms. The van der Waals surface area contributed by atoms with E-state index in [1.165, 1.54) is 18.4 Å². The van der Waals surface area contributed by atoms with Crippen molar-refractivity contribution in [2.45, 2.75) is 51.0 Å². The number of nitrogens with zero attached hydrogens (tertiary/aromatic N) is 1. The summed E-state index contributed by atoms with van der Waals surface area (Å²) in [5.74, 6) is 0.204. The number of amides is 1. The van der Waals surface area contributed by atoms with Crippen LogP contribution in [0.25, 0.3) is 0 Å². The quantitative estimate of drug-likeness (QED) is 0.727. The van der Waals surface area contributed by atoms with Crippen LogP contribution in [0.4, 0.5) is 11.4 Å². The van der Waals surface area contributed by atoms with Crippen molar-refractivity contribution in [2.24, 2.45) is 0 Å². The van der Waals surface area contributed by atoms with Crippen molar-refractivity contribution in [3.05, 3.63) is 59.7 Å². The SMILES string of the molecule is Cc1ccc(NC(=S)NC2(c3ccccc3)CCCC2)cc1N1CCCC1=O. The second-order valence-corrected chi connectivity index (χ2v) is 8.29. The average molecular weight is 394 g/mol. The number of hydrogen-bond acceptors (Lipinski definition) is 2. The van der Waals surface area contributed by atoms with Crippen LogP contribution in [0.15, 0.2) is 48.5 Å². The molecule has 1 heterocycles. The fourth-order valence-corrected chi connectivity index (χ4v) is 4.80. The van der Waals surface area contributed by atoms with Gasteiger partial charge >= 0.3 is 0 Å². The Morgan fingerprint density at radius 1 is 1.07 bits per heavy atom. The van der Waals surface area contributed by atoms with Gasteiger partial charge in [0.05, 0.1) is 5.54 Å². The molecular weight excluding hydrogens is 366 g/mol. The smallest absolute Gasteiger partial charge is 0.227 e. The molecule has 1 saturated carbocycles. The first-order valence-corrected chi connectivity index (χ1v) is 10.5. The molecule has 4 rings (SSSR count). The van der Waals surface area contributed by atoms with Gasteiger partial charge in [-0.15, -0.1) is 0 Å². The maximum atomic E-state index is 12.2. The van der Waals surface area contributed by atoms with Gasteiger partial charge in [-0.2, -0.15) is 0 Å². The summed E-state index contributed by atoms with van der Waals surface area (Å²) >= 11 is 5.68. The van der Waals surface area contributed by atoms with Crippen molar-refractivity contribution in [1.82, 2.24) is 5.32 Å². The predicted molar refractivity (Wildman–Crippen MR) is 119 cm³/mol. The summed E-state index contributed by atoms with van der Waals surface area (Å²) in [6.45, 7) is 2.84. The fourth-order valence-electron chi connectivity index (χ4n) is 4.48. The Morgan fingerprint density at radius 3 is 2.50 bits per heavy atom. The van der Waals surface area contributed by atoms with Crippen LogP contribution >= 0.6 is 12.2 Å². The molecule has 2 aromatic rings. The van der Waals surface area contributed by atoms with Gasteiger partial charge in [-0.3, -0.25) is 4.79 Å². The fraction of sp³-hybridized carbons (Fsp3) is 0.391. The first-order chi connectivity index (χ1) is 13.6. The molecule has 1 amide bonds. The maximum Gasteiger partial charge on any atom is 0.227 e. The van der Waals surface area contributed by atoms with Crippen molar-refractivity contribution < 1.29 is 4.79 Å². The summed E-state index contributed by atoms with van der Waals surface area (Å²) in [5.41, 5.74) is 4.21. The molecule has 5 heteroatoms. The minimum absolute atomic E-state index is 0.0935. The summed E-state index contributed by atoms with van der Waals surface area (Å²) in [5, 5.41) is 7.59. The highest BCUT2D eigenvalue weighted by Crippen LogP contribution is 2.38. The van der Waals surface area contributed by atoms with E-state index in [0.717, 1.165) is 42.7 Å². The number of anilines is 2. The Kier molecular flexibility index (Phi) is 5.36. The van der Waals surface area contributed by atoms with Crippen molar-refractivity contribution >= 4 is 34.6 Å². The lowest BCUT2D eigenvalue weighted by Crippen LogP contribution is -2.45. The zero-order chi connectivity index (χ0) is 19.6. The lowest BCUT2D eigenvalue weighted by atomic mass is 9.88. The molecule has 0 spiro atoms. The first-order valence-electron chi connectivity index (χ1n) is 10.1. The molecule has 0 unspecified atom stereocenters. The Morgan fingerprint density at radius 2 is 1.82 bits per heavy atom. The van der Waals surface area contributed by atoms with Crippen LogP contribution in [-0.2, 0) is 10.3 Å². The van der Waals surface area contributed by atoms with Crippen molar-refractivity contribution in [1.29, 1.82) is 0 Å². The largest absolute Gasteiger partial charge is 0.353 e. The molecule has 1 aliphatic carbocycles. The van der Waals surface area contributed by atoms with Gasteiger partial charge in [0.2, 0.25) is 5.91 Å². The van der Waals surface area contributed by atoms with E-state index in [1.807, 2.05) is 24.0 Å². The van der Waals surface area contributed by atoms with E-state index in [1.54, 1.807) is 0 Å². The lowest BCUT2D eigenvalue weighted by Gasteiger charge is -2.32. The average Bonchev–Trinajstić information content (AvgIpc) is 3.34. The van der Waals surface area contributed by atoms with E-state index in [-0.39, 0.29) is 11.4 Å². The molecule has 0 radical (unpaired) electrons. The first kappa shape index (κ1) is 18.9. The van der Waals surface area contributed by atoms with E-state index in [2.05, 4.69) is 47.0 Å². The van der Waals surface area contributed by atoms with Gasteiger partial charge in [0, 0.05) is 24.3 Å². The molecule has 0 atom stereocenters. The van der Waals surface area contributed by atoms with Crippen molar-refractivity contribution in [2.75, 3.05) is 16.8 Å². The topological polar surface area (TPSA) is 44.4 Å². The number of hydrogen-bond donors (Lipinski definition) is 2. The molecule has 146 valence electrons. The molecule has 2 aliphatic rings. The van der Waals surface area contributed by atoms with E-state index in [0.29, 0.717) is 11.5 Å². The number of thiocarbonyl (C=S) groups is 1. The van der Waals surface area contributed by atoms with E-state index >= 15 is 0 Å². The van der Waals surface area contributed by atoms with Gasteiger partial charge in [-0.25, -0.2) is 0 Å². The van der Waals surface area contributed by atoms with Gasteiger partial charge in [0.25, 0.3) is 0 Å². The maximum absolute atomic E-state index is 12.2. The van der Waals surface area contributed by atoms with Gasteiger partial charge in [-0.1, -0.05) is 49.2 Å². The van der Waals surface area contributed by atoms with Crippen molar-refractivity contribution in [3.8, 4) is 0 Å². The third kappa shape index (κ3) is 3.76. The van der Waals surface area contributed by atoms with E-state index in [4.69, 9.17) is 12.2 Å². The molecule has 2 fully saturated rings. The standard InChI is InChI=1S/C23H27N3OS/c1-17-11-12-19(16-20(17)26-15-7-10-21(26)27)24-22(28)25-23(13-5-6-14-23)18-8-3-2-4-9-18/h2-4,8-9,11-12,16H,5-7,10,13-15H2,1H3,(H2,24,25,28). The van der Waals surface area contributed by atoms with Crippen LogP contribution in [0, 0.1) is 6.92 Å². The zero-order valence-corrected chi connectivity index (χ0v) is 17.1. The van der Waals surface area contributed by atoms with E-state index < -0.39 is 0 Å². The highest BCUT2D eigenvalue weighted by molar-refractivity contribution is 7.80. The molecule has 2 N–H and O–H groups in total. The molecule has 4 nitrogen and oxygen atoms in total. The molecule has 0 bridgehead atoms. The predicted octanol–water partition coefficient (Wildman–Crippen LogP) is 4.88. The highest BCUT2D eigenvalue weighted by atomic mass is 32.1. The zero-order valence-electron chi connectivity index (χ0n) is 16.3. The molecule has 2 aromatic carbocycles. The minimum Gasteiger partial charge on any atom is -0.353 e. The number of carbonyl (C=O) groups is 1. The summed E-state index contributed by atoms with van der Waals surface area (Å²) in [6, 6.07) is 16.7. The molecular formula is C23H27N3OS. The van der Waals surface area contributed by atoms with Crippen LogP contribution < -0.4 is 15.5 Å². The van der Waals surface area contributed by atoms with Crippen LogP contribution in [-0.4, -0.2) is 17.6 Å². The van der Waals surface area contributed by atoms with Crippen LogP contribution in [0.5, 0.6) is 0 Å². The molecule has 0 aromatic heterocycles. The monoisotopic (exact) mass is 393 g/mol. The number of nitrogens with one attached hydrogen (secondary N) is 2. The van der Waals surface area contributed by atoms with E-state index in [9.17, 15) is 4.79 Å². The second-order valence-electron chi connectivity index (χ2n) is 7.88.